The second kappa shape index (κ2) is 12.8. The zero-order valence-electron chi connectivity index (χ0n) is 25.8. The van der Waals surface area contributed by atoms with E-state index in [-0.39, 0.29) is 23.9 Å². The van der Waals surface area contributed by atoms with Crippen molar-refractivity contribution in [2.45, 2.75) is 69.8 Å². The number of anilines is 2. The zero-order valence-corrected chi connectivity index (χ0v) is 25.8. The fraction of sp³-hybridized carbons (Fsp3) is 0.625. The predicted molar refractivity (Wildman–Crippen MR) is 166 cm³/mol. The van der Waals surface area contributed by atoms with Gasteiger partial charge in [0.1, 0.15) is 11.5 Å². The fourth-order valence-corrected chi connectivity index (χ4v) is 7.14. The lowest BCUT2D eigenvalue weighted by molar-refractivity contribution is -0.129. The normalized spacial score (nSPS) is 25.2. The molecule has 0 radical (unpaired) electrons. The molecule has 232 valence electrons. The molecule has 0 saturated carbocycles. The van der Waals surface area contributed by atoms with Gasteiger partial charge < -0.3 is 30.0 Å². The number of hydrogen-bond acceptors (Lipinski definition) is 9. The van der Waals surface area contributed by atoms with Crippen LogP contribution in [0.2, 0.25) is 0 Å². The Balaban J connectivity index is 1.16. The Hall–Kier alpha value is -3.28. The van der Waals surface area contributed by atoms with Crippen LogP contribution in [-0.4, -0.2) is 131 Å². The van der Waals surface area contributed by atoms with E-state index in [1.165, 1.54) is 11.1 Å². The number of aliphatic hydroxyl groups excluding tert-OH is 1. The minimum atomic E-state index is -0.618. The molecule has 2 amide bonds. The number of amides is 2. The number of rotatable bonds is 6. The second-order valence-electron chi connectivity index (χ2n) is 12.9. The molecule has 0 bridgehead atoms. The highest BCUT2D eigenvalue weighted by atomic mass is 16.3. The topological polar surface area (TPSA) is 108 Å². The zero-order chi connectivity index (χ0) is 30.1. The second-order valence-corrected chi connectivity index (χ2v) is 12.9. The first-order valence-electron chi connectivity index (χ1n) is 15.9. The van der Waals surface area contributed by atoms with Crippen molar-refractivity contribution in [1.82, 2.24) is 29.6 Å². The number of hydrogen-bond donors (Lipinski definition) is 2. The summed E-state index contributed by atoms with van der Waals surface area (Å²) in [5, 5.41) is 14.8. The molecule has 0 unspecified atom stereocenters. The first-order valence-corrected chi connectivity index (χ1v) is 15.9. The van der Waals surface area contributed by atoms with Crippen LogP contribution in [0.15, 0.2) is 30.3 Å². The molecular formula is C32H46N8O3. The number of piperidine rings is 2. The van der Waals surface area contributed by atoms with E-state index in [4.69, 9.17) is 9.97 Å². The van der Waals surface area contributed by atoms with Crippen LogP contribution in [0.3, 0.4) is 0 Å². The van der Waals surface area contributed by atoms with Crippen LogP contribution in [0.1, 0.15) is 54.2 Å². The summed E-state index contributed by atoms with van der Waals surface area (Å²) in [5.41, 5.74) is 3.09. The van der Waals surface area contributed by atoms with E-state index < -0.39 is 6.10 Å². The van der Waals surface area contributed by atoms with Crippen LogP contribution in [0.4, 0.5) is 11.8 Å². The third-order valence-electron chi connectivity index (χ3n) is 9.87. The Morgan fingerprint density at radius 1 is 0.930 bits per heavy atom. The first kappa shape index (κ1) is 29.8. The van der Waals surface area contributed by atoms with Crippen molar-refractivity contribution in [3.05, 3.63) is 47.2 Å². The molecule has 5 heterocycles. The highest BCUT2D eigenvalue weighted by molar-refractivity contribution is 5.93. The summed E-state index contributed by atoms with van der Waals surface area (Å²) in [5.74, 6) is 1.16. The van der Waals surface area contributed by atoms with Crippen molar-refractivity contribution in [2.24, 2.45) is 0 Å². The highest BCUT2D eigenvalue weighted by Crippen LogP contribution is 2.27. The van der Waals surface area contributed by atoms with E-state index in [0.717, 1.165) is 58.3 Å². The number of benzene rings is 1. The molecule has 1 aromatic carbocycles. The van der Waals surface area contributed by atoms with Gasteiger partial charge in [0.2, 0.25) is 11.9 Å². The smallest absolute Gasteiger partial charge is 0.272 e. The number of likely N-dealkylation sites (N-methyl/N-ethyl adjacent to an activating group) is 1. The Labute approximate surface area is 254 Å². The lowest BCUT2D eigenvalue weighted by Crippen LogP contribution is -2.56. The summed E-state index contributed by atoms with van der Waals surface area (Å²) in [6, 6.07) is 10.9. The van der Waals surface area contributed by atoms with Crippen LogP contribution < -0.4 is 10.2 Å². The number of β-amino-alcohol motifs (C(OH)–C–C–N with tert-alkyl or cyclic N) is 1. The van der Waals surface area contributed by atoms with Gasteiger partial charge in [-0.3, -0.25) is 14.5 Å². The maximum atomic E-state index is 13.9. The highest BCUT2D eigenvalue weighted by Gasteiger charge is 2.36. The van der Waals surface area contributed by atoms with Crippen molar-refractivity contribution in [2.75, 3.05) is 70.1 Å². The van der Waals surface area contributed by atoms with Crippen molar-refractivity contribution < 1.29 is 14.7 Å². The number of nitrogens with zero attached hydrogens (tertiary/aromatic N) is 7. The quantitative estimate of drug-likeness (QED) is 0.520. The van der Waals surface area contributed by atoms with Gasteiger partial charge in [0.15, 0.2) is 0 Å². The molecule has 2 aromatic rings. The number of likely N-dealkylation sites (tertiary alicyclic amines) is 2. The number of nitrogens with one attached hydrogen (secondary N) is 1. The first-order chi connectivity index (χ1) is 20.7. The van der Waals surface area contributed by atoms with Gasteiger partial charge in [-0.1, -0.05) is 24.3 Å². The molecule has 6 rings (SSSR count). The molecule has 4 aliphatic rings. The summed E-state index contributed by atoms with van der Waals surface area (Å²) in [6.45, 7) is 7.31. The van der Waals surface area contributed by atoms with Crippen LogP contribution in [-0.2, 0) is 17.8 Å². The minimum absolute atomic E-state index is 0.0315. The monoisotopic (exact) mass is 590 g/mol. The Kier molecular flexibility index (Phi) is 8.83. The van der Waals surface area contributed by atoms with E-state index in [0.29, 0.717) is 49.7 Å². The Morgan fingerprint density at radius 2 is 1.67 bits per heavy atom. The molecule has 2 N–H and O–H groups in total. The summed E-state index contributed by atoms with van der Waals surface area (Å²) < 4.78 is 0. The Bertz CT molecular complexity index is 1310. The van der Waals surface area contributed by atoms with Gasteiger partial charge in [-0.25, -0.2) is 4.98 Å². The number of aromatic nitrogens is 2. The van der Waals surface area contributed by atoms with Crippen LogP contribution in [0, 0.1) is 0 Å². The van der Waals surface area contributed by atoms with Gasteiger partial charge in [0.05, 0.1) is 6.10 Å². The SMILES string of the molecule is CC(=O)N1CCC(Nc2cc(C(=O)N3CC[C@@H](N4CCc5ccccc5C4)[C@H](O)C3)nc(N3CC[C@@H](N(C)C)C3)n2)CC1. The van der Waals surface area contributed by atoms with E-state index in [1.54, 1.807) is 17.9 Å². The van der Waals surface area contributed by atoms with E-state index in [9.17, 15) is 14.7 Å². The van der Waals surface area contributed by atoms with Crippen molar-refractivity contribution in [3.8, 4) is 0 Å². The molecule has 1 aromatic heterocycles. The summed E-state index contributed by atoms with van der Waals surface area (Å²) in [6.07, 6.45) is 3.77. The van der Waals surface area contributed by atoms with E-state index in [1.807, 2.05) is 4.90 Å². The predicted octanol–water partition coefficient (Wildman–Crippen LogP) is 1.67. The summed E-state index contributed by atoms with van der Waals surface area (Å²) in [4.78, 5) is 45.8. The number of carbonyl (C=O) groups excluding carboxylic acids is 2. The standard InChI is InChI=1S/C32H46N8O3/c1-22(41)37-14-9-25(10-15-37)33-30-18-27(34-32(35-30)40-16-11-26(20-40)36(2)3)31(43)39-17-12-28(29(42)21-39)38-13-8-23-6-4-5-7-24(23)19-38/h4-7,18,25-26,28-29,42H,8-17,19-21H2,1-3H3,(H,33,34,35)/t26-,28-,29-/m1/s1. The molecule has 3 saturated heterocycles. The van der Waals surface area contributed by atoms with Crippen molar-refractivity contribution in [3.63, 3.8) is 0 Å². The molecule has 0 aliphatic carbocycles. The minimum Gasteiger partial charge on any atom is -0.390 e. The third kappa shape index (κ3) is 6.63. The molecular weight excluding hydrogens is 544 g/mol. The average Bonchev–Trinajstić information content (AvgIpc) is 3.52. The number of fused-ring (bicyclic) bond motifs is 1. The molecule has 4 aliphatic heterocycles. The molecule has 11 nitrogen and oxygen atoms in total. The van der Waals surface area contributed by atoms with Gasteiger partial charge >= 0.3 is 0 Å². The summed E-state index contributed by atoms with van der Waals surface area (Å²) in [7, 11) is 4.18. The van der Waals surface area contributed by atoms with Crippen LogP contribution >= 0.6 is 0 Å². The van der Waals surface area contributed by atoms with Crippen molar-refractivity contribution in [1.29, 1.82) is 0 Å². The number of carbonyl (C=O) groups is 2. The van der Waals surface area contributed by atoms with Gasteiger partial charge in [0.25, 0.3) is 5.91 Å². The van der Waals surface area contributed by atoms with Gasteiger partial charge in [-0.05, 0) is 57.3 Å². The maximum absolute atomic E-state index is 13.9. The Morgan fingerprint density at radius 3 is 2.37 bits per heavy atom. The molecule has 3 atom stereocenters. The van der Waals surface area contributed by atoms with Gasteiger partial charge in [-0.2, -0.15) is 4.98 Å². The fourth-order valence-electron chi connectivity index (χ4n) is 7.14. The lowest BCUT2D eigenvalue weighted by atomic mass is 9.94. The van der Waals surface area contributed by atoms with Gasteiger partial charge in [-0.15, -0.1) is 0 Å². The number of aliphatic hydroxyl groups is 1. The van der Waals surface area contributed by atoms with E-state index in [2.05, 4.69) is 58.4 Å². The maximum Gasteiger partial charge on any atom is 0.272 e. The third-order valence-corrected chi connectivity index (χ3v) is 9.87. The molecule has 43 heavy (non-hydrogen) atoms. The lowest BCUT2D eigenvalue weighted by Gasteiger charge is -2.43. The largest absolute Gasteiger partial charge is 0.390 e. The van der Waals surface area contributed by atoms with Gasteiger partial charge in [0, 0.05) is 83.5 Å². The van der Waals surface area contributed by atoms with E-state index >= 15 is 0 Å². The average molecular weight is 591 g/mol. The summed E-state index contributed by atoms with van der Waals surface area (Å²) >= 11 is 0. The van der Waals surface area contributed by atoms with Crippen molar-refractivity contribution >= 4 is 23.6 Å². The van der Waals surface area contributed by atoms with Crippen LogP contribution in [0.5, 0.6) is 0 Å². The molecule has 11 heteroatoms. The van der Waals surface area contributed by atoms with Crippen LogP contribution in [0.25, 0.3) is 0 Å². The molecule has 3 fully saturated rings. The molecule has 0 spiro atoms.